The van der Waals surface area contributed by atoms with E-state index in [2.05, 4.69) is 40.8 Å². The third kappa shape index (κ3) is 4.31. The monoisotopic (exact) mass is 368 g/mol. The highest BCUT2D eigenvalue weighted by molar-refractivity contribution is 5.62. The Labute approximate surface area is 158 Å². The Morgan fingerprint density at radius 2 is 1.67 bits per heavy atom. The van der Waals surface area contributed by atoms with Gasteiger partial charge in [0.25, 0.3) is 0 Å². The molecule has 0 radical (unpaired) electrons. The fourth-order valence-corrected chi connectivity index (χ4v) is 3.39. The van der Waals surface area contributed by atoms with Crippen LogP contribution in [0.4, 0.5) is 11.5 Å². The highest BCUT2D eigenvalue weighted by Crippen LogP contribution is 2.25. The lowest BCUT2D eigenvalue weighted by molar-refractivity contribution is -0.389. The number of nitrogens with zero attached hydrogens (tertiary/aromatic N) is 4. The molecule has 1 aliphatic rings. The fourth-order valence-electron chi connectivity index (χ4n) is 3.39. The molecule has 0 aliphatic carbocycles. The lowest BCUT2D eigenvalue weighted by Gasteiger charge is -2.38. The predicted molar refractivity (Wildman–Crippen MR) is 104 cm³/mol. The van der Waals surface area contributed by atoms with E-state index in [1.54, 1.807) is 6.07 Å². The summed E-state index contributed by atoms with van der Waals surface area (Å²) in [5.74, 6) is 0.316. The number of carbonyl (C=O) groups excluding carboxylic acids is 1. The van der Waals surface area contributed by atoms with Crippen molar-refractivity contribution in [3.05, 3.63) is 63.8 Å². The number of carbonyl (C=O) groups is 1. The van der Waals surface area contributed by atoms with Crippen molar-refractivity contribution in [3.63, 3.8) is 0 Å². The Bertz CT molecular complexity index is 782. The van der Waals surface area contributed by atoms with Crippen LogP contribution in [-0.2, 0) is 4.79 Å². The van der Waals surface area contributed by atoms with Crippen molar-refractivity contribution >= 4 is 17.8 Å². The minimum Gasteiger partial charge on any atom is -0.366 e. The molecule has 27 heavy (non-hydrogen) atoms. The molecule has 2 aromatic rings. The van der Waals surface area contributed by atoms with Gasteiger partial charge in [0.15, 0.2) is 6.20 Å². The first-order valence-electron chi connectivity index (χ1n) is 9.14. The van der Waals surface area contributed by atoms with Gasteiger partial charge in [-0.3, -0.25) is 4.90 Å². The standard InChI is InChI=1S/C20H24N4O3/c1-15(2)16-3-5-17(6-4-16)19(14-25)23-11-9-22(10-12-23)18-7-8-20(21-13-18)24(26)27/h3-8,13-15,19H,9-12H2,1-2H3/t19-/m1/s1. The summed E-state index contributed by atoms with van der Waals surface area (Å²) >= 11 is 0. The van der Waals surface area contributed by atoms with E-state index in [1.165, 1.54) is 17.8 Å². The van der Waals surface area contributed by atoms with Gasteiger partial charge >= 0.3 is 5.82 Å². The maximum absolute atomic E-state index is 11.7. The summed E-state index contributed by atoms with van der Waals surface area (Å²) in [5.41, 5.74) is 3.14. The van der Waals surface area contributed by atoms with Gasteiger partial charge in [-0.2, -0.15) is 0 Å². The van der Waals surface area contributed by atoms with Crippen LogP contribution < -0.4 is 4.90 Å². The SMILES string of the molecule is CC(C)c1ccc([C@@H](C=O)N2CCN(c3ccc([N+](=O)[O-])nc3)CC2)cc1. The van der Waals surface area contributed by atoms with Crippen molar-refractivity contribution in [1.82, 2.24) is 9.88 Å². The number of aldehydes is 1. The van der Waals surface area contributed by atoms with Crippen molar-refractivity contribution in [2.75, 3.05) is 31.1 Å². The maximum atomic E-state index is 11.7. The zero-order chi connectivity index (χ0) is 19.4. The van der Waals surface area contributed by atoms with E-state index in [4.69, 9.17) is 0 Å². The average molecular weight is 368 g/mol. The number of aromatic nitrogens is 1. The molecule has 0 amide bonds. The van der Waals surface area contributed by atoms with Crippen LogP contribution in [0.15, 0.2) is 42.6 Å². The fraction of sp³-hybridized carbons (Fsp3) is 0.400. The zero-order valence-electron chi connectivity index (χ0n) is 15.6. The summed E-state index contributed by atoms with van der Waals surface area (Å²) < 4.78 is 0. The van der Waals surface area contributed by atoms with E-state index in [0.29, 0.717) is 5.92 Å². The molecule has 7 heteroatoms. The van der Waals surface area contributed by atoms with Gasteiger partial charge in [-0.15, -0.1) is 0 Å². The summed E-state index contributed by atoms with van der Waals surface area (Å²) in [7, 11) is 0. The summed E-state index contributed by atoms with van der Waals surface area (Å²) in [6, 6.07) is 11.2. The molecule has 142 valence electrons. The number of hydrogen-bond donors (Lipinski definition) is 0. The lowest BCUT2D eigenvalue weighted by atomic mass is 9.98. The number of nitro groups is 1. The van der Waals surface area contributed by atoms with Crippen molar-refractivity contribution in [1.29, 1.82) is 0 Å². The summed E-state index contributed by atoms with van der Waals surface area (Å²) in [6.07, 6.45) is 2.54. The first kappa shape index (κ1) is 19.0. The molecule has 1 fully saturated rings. The minimum absolute atomic E-state index is 0.150. The minimum atomic E-state index is -0.499. The molecule has 1 aromatic carbocycles. The van der Waals surface area contributed by atoms with Crippen LogP contribution in [0.5, 0.6) is 0 Å². The molecule has 0 N–H and O–H groups in total. The Kier molecular flexibility index (Phi) is 5.81. The number of pyridine rings is 1. The van der Waals surface area contributed by atoms with Crippen molar-refractivity contribution in [2.24, 2.45) is 0 Å². The van der Waals surface area contributed by atoms with E-state index in [1.807, 2.05) is 12.1 Å². The van der Waals surface area contributed by atoms with Gasteiger partial charge in [-0.05, 0) is 33.0 Å². The summed E-state index contributed by atoms with van der Waals surface area (Å²) in [5, 5.41) is 10.7. The van der Waals surface area contributed by atoms with Gasteiger partial charge in [0.2, 0.25) is 0 Å². The van der Waals surface area contributed by atoms with Crippen molar-refractivity contribution in [2.45, 2.75) is 25.8 Å². The Morgan fingerprint density at radius 1 is 1.04 bits per heavy atom. The number of anilines is 1. The Balaban J connectivity index is 1.64. The first-order valence-corrected chi connectivity index (χ1v) is 9.14. The molecule has 1 aliphatic heterocycles. The third-order valence-electron chi connectivity index (χ3n) is 5.07. The Hall–Kier alpha value is -2.80. The zero-order valence-corrected chi connectivity index (χ0v) is 15.6. The van der Waals surface area contributed by atoms with Crippen LogP contribution in [0.1, 0.15) is 36.9 Å². The average Bonchev–Trinajstić information content (AvgIpc) is 2.69. The molecular formula is C20H24N4O3. The van der Waals surface area contributed by atoms with Crippen LogP contribution in [-0.4, -0.2) is 47.3 Å². The highest BCUT2D eigenvalue weighted by Gasteiger charge is 2.25. The van der Waals surface area contributed by atoms with E-state index >= 15 is 0 Å². The molecule has 0 saturated carbocycles. The highest BCUT2D eigenvalue weighted by atomic mass is 16.6. The maximum Gasteiger partial charge on any atom is 0.363 e. The van der Waals surface area contributed by atoms with Gasteiger partial charge in [0, 0.05) is 32.2 Å². The van der Waals surface area contributed by atoms with E-state index in [0.717, 1.165) is 43.7 Å². The third-order valence-corrected chi connectivity index (χ3v) is 5.07. The second kappa shape index (κ2) is 8.26. The van der Waals surface area contributed by atoms with Gasteiger partial charge in [-0.1, -0.05) is 38.1 Å². The smallest absolute Gasteiger partial charge is 0.363 e. The van der Waals surface area contributed by atoms with Crippen LogP contribution >= 0.6 is 0 Å². The summed E-state index contributed by atoms with van der Waals surface area (Å²) in [6.45, 7) is 7.28. The van der Waals surface area contributed by atoms with Crippen LogP contribution in [0.25, 0.3) is 0 Å². The van der Waals surface area contributed by atoms with E-state index in [9.17, 15) is 14.9 Å². The number of rotatable bonds is 6. The largest absolute Gasteiger partial charge is 0.366 e. The quantitative estimate of drug-likeness (QED) is 0.443. The molecule has 1 aromatic heterocycles. The molecule has 0 spiro atoms. The molecular weight excluding hydrogens is 344 g/mol. The second-order valence-corrected chi connectivity index (χ2v) is 7.06. The van der Waals surface area contributed by atoms with Crippen LogP contribution in [0.3, 0.4) is 0 Å². The number of piperazine rings is 1. The summed E-state index contributed by atoms with van der Waals surface area (Å²) in [4.78, 5) is 30.2. The van der Waals surface area contributed by atoms with E-state index < -0.39 is 4.92 Å². The van der Waals surface area contributed by atoms with Gasteiger partial charge in [0.05, 0.1) is 11.7 Å². The van der Waals surface area contributed by atoms with Gasteiger partial charge < -0.3 is 19.8 Å². The predicted octanol–water partition coefficient (Wildman–Crippen LogP) is 3.18. The van der Waals surface area contributed by atoms with Gasteiger partial charge in [-0.25, -0.2) is 0 Å². The molecule has 7 nitrogen and oxygen atoms in total. The topological polar surface area (TPSA) is 79.6 Å². The van der Waals surface area contributed by atoms with Crippen LogP contribution in [0.2, 0.25) is 0 Å². The van der Waals surface area contributed by atoms with E-state index in [-0.39, 0.29) is 11.9 Å². The molecule has 2 heterocycles. The molecule has 1 atom stereocenters. The Morgan fingerprint density at radius 3 is 2.15 bits per heavy atom. The number of benzene rings is 1. The molecule has 0 bridgehead atoms. The van der Waals surface area contributed by atoms with Gasteiger partial charge in [0.1, 0.15) is 6.29 Å². The second-order valence-electron chi connectivity index (χ2n) is 7.06. The first-order chi connectivity index (χ1) is 13.0. The lowest BCUT2D eigenvalue weighted by Crippen LogP contribution is -2.48. The number of hydrogen-bond acceptors (Lipinski definition) is 6. The molecule has 3 rings (SSSR count). The van der Waals surface area contributed by atoms with Crippen molar-refractivity contribution < 1.29 is 9.72 Å². The van der Waals surface area contributed by atoms with Crippen LogP contribution in [0, 0.1) is 10.1 Å². The molecule has 0 unspecified atom stereocenters. The normalized spacial score (nSPS) is 16.3. The molecule has 1 saturated heterocycles. The van der Waals surface area contributed by atoms with Crippen molar-refractivity contribution in [3.8, 4) is 0 Å².